The number of anilines is 1. The minimum atomic E-state index is 0.966. The van der Waals surface area contributed by atoms with Gasteiger partial charge in [-0.2, -0.15) is 0 Å². The molecule has 1 rings (SSSR count). The second-order valence-electron chi connectivity index (χ2n) is 2.92. The van der Waals surface area contributed by atoms with Gasteiger partial charge in [-0.15, -0.1) is 0 Å². The molecule has 1 N–H and O–H groups in total. The molecule has 0 amide bonds. The van der Waals surface area contributed by atoms with Gasteiger partial charge in [-0.3, -0.25) is 0 Å². The molecule has 0 saturated carbocycles. The zero-order chi connectivity index (χ0) is 9.68. The van der Waals surface area contributed by atoms with Crippen LogP contribution in [-0.2, 0) is 0 Å². The van der Waals surface area contributed by atoms with Gasteiger partial charge >= 0.3 is 0 Å². The highest BCUT2D eigenvalue weighted by atomic mass is 14.8. The van der Waals surface area contributed by atoms with E-state index in [1.165, 1.54) is 16.1 Å². The third kappa shape index (κ3) is 2.11. The van der Waals surface area contributed by atoms with Crippen LogP contribution in [0.5, 0.6) is 0 Å². The molecule has 1 nitrogen and oxygen atoms in total. The number of nitrogens with one attached hydrogen (secondary N) is 1. The molecule has 0 heterocycles. The second-order valence-corrected chi connectivity index (χ2v) is 2.92. The predicted octanol–water partition coefficient (Wildman–Crippen LogP) is 1.72. The summed E-state index contributed by atoms with van der Waals surface area (Å²) in [5.74, 6) is 0. The number of hydrogen-bond acceptors (Lipinski definition) is 1. The molecule has 0 unspecified atom stereocenters. The summed E-state index contributed by atoms with van der Waals surface area (Å²) in [6.07, 6.45) is 4.28. The predicted molar refractivity (Wildman–Crippen MR) is 60.1 cm³/mol. The lowest BCUT2D eigenvalue weighted by molar-refractivity contribution is 1.20. The highest BCUT2D eigenvalue weighted by Crippen LogP contribution is 1.94. The number of hydrogen-bond donors (Lipinski definition) is 1. The molecule has 0 radical (unpaired) electrons. The Morgan fingerprint density at radius 3 is 2.54 bits per heavy atom. The van der Waals surface area contributed by atoms with Gasteiger partial charge < -0.3 is 5.32 Å². The highest BCUT2D eigenvalue weighted by Gasteiger charge is 1.91. The number of rotatable bonds is 2. The molecule has 0 spiro atoms. The van der Waals surface area contributed by atoms with Gasteiger partial charge in [-0.25, -0.2) is 0 Å². The summed E-state index contributed by atoms with van der Waals surface area (Å²) in [6, 6.07) is 6.34. The van der Waals surface area contributed by atoms with Crippen molar-refractivity contribution in [3.8, 4) is 0 Å². The van der Waals surface area contributed by atoms with Crippen LogP contribution >= 0.6 is 0 Å². The average molecular weight is 175 g/mol. The maximum Gasteiger partial charge on any atom is 0.0416 e. The van der Waals surface area contributed by atoms with Crippen molar-refractivity contribution in [1.29, 1.82) is 0 Å². The lowest BCUT2D eigenvalue weighted by Crippen LogP contribution is -2.27. The molecule has 0 aliphatic heterocycles. The van der Waals surface area contributed by atoms with Gasteiger partial charge in [-0.1, -0.05) is 24.3 Å². The van der Waals surface area contributed by atoms with Crippen molar-refractivity contribution >= 4 is 17.8 Å². The van der Waals surface area contributed by atoms with Crippen molar-refractivity contribution in [1.82, 2.24) is 0 Å². The van der Waals surface area contributed by atoms with Gasteiger partial charge in [0.2, 0.25) is 0 Å². The van der Waals surface area contributed by atoms with Crippen LogP contribution in [0.3, 0.4) is 0 Å². The Balaban J connectivity index is 3.38. The minimum absolute atomic E-state index is 0.966. The molecule has 70 valence electrons. The van der Waals surface area contributed by atoms with Crippen molar-refractivity contribution in [2.75, 3.05) is 11.9 Å². The third-order valence-electron chi connectivity index (χ3n) is 2.11. The molecule has 1 heteroatoms. The lowest BCUT2D eigenvalue weighted by atomic mass is 10.2. The fourth-order valence-corrected chi connectivity index (χ4v) is 1.50. The summed E-state index contributed by atoms with van der Waals surface area (Å²) >= 11 is 0. The van der Waals surface area contributed by atoms with E-state index < -0.39 is 0 Å². The summed E-state index contributed by atoms with van der Waals surface area (Å²) in [5.41, 5.74) is 1.22. The minimum Gasteiger partial charge on any atom is -0.385 e. The van der Waals surface area contributed by atoms with Crippen molar-refractivity contribution in [2.45, 2.75) is 20.8 Å². The normalized spacial score (nSPS) is 13.5. The molecular formula is C12H17N. The van der Waals surface area contributed by atoms with Crippen LogP contribution in [0.2, 0.25) is 0 Å². The Morgan fingerprint density at radius 2 is 2.00 bits per heavy atom. The van der Waals surface area contributed by atoms with Crippen molar-refractivity contribution < 1.29 is 0 Å². The van der Waals surface area contributed by atoms with E-state index in [9.17, 15) is 0 Å². The van der Waals surface area contributed by atoms with E-state index >= 15 is 0 Å². The van der Waals surface area contributed by atoms with E-state index in [-0.39, 0.29) is 0 Å². The van der Waals surface area contributed by atoms with Gasteiger partial charge in [0.25, 0.3) is 0 Å². The van der Waals surface area contributed by atoms with Gasteiger partial charge in [-0.05, 0) is 32.1 Å². The highest BCUT2D eigenvalue weighted by molar-refractivity contribution is 5.50. The third-order valence-corrected chi connectivity index (χ3v) is 2.11. The first-order valence-corrected chi connectivity index (χ1v) is 4.79. The van der Waals surface area contributed by atoms with E-state index in [4.69, 9.17) is 0 Å². The zero-order valence-electron chi connectivity index (χ0n) is 8.59. The molecule has 0 bridgehead atoms. The van der Waals surface area contributed by atoms with Crippen molar-refractivity contribution in [2.24, 2.45) is 0 Å². The summed E-state index contributed by atoms with van der Waals surface area (Å²) in [6.45, 7) is 7.22. The monoisotopic (exact) mass is 175 g/mol. The molecule has 13 heavy (non-hydrogen) atoms. The Bertz CT molecular complexity index is 377. The molecule has 0 atom stereocenters. The van der Waals surface area contributed by atoms with Gasteiger partial charge in [0.15, 0.2) is 0 Å². The Labute approximate surface area is 79.8 Å². The number of benzene rings is 1. The molecule has 1 aromatic carbocycles. The standard InChI is InChI=1S/C12H17N/c1-4-10-8-7-9-12(13-6-3)11(10)5-2/h4-5,7-9,13H,6H2,1-3H3/b10-4-,11-5+. The Kier molecular flexibility index (Phi) is 3.56. The molecular weight excluding hydrogens is 158 g/mol. The van der Waals surface area contributed by atoms with Crippen LogP contribution in [0.4, 0.5) is 5.69 Å². The summed E-state index contributed by atoms with van der Waals surface area (Å²) in [7, 11) is 0. The van der Waals surface area contributed by atoms with Crippen LogP contribution in [0.1, 0.15) is 20.8 Å². The van der Waals surface area contributed by atoms with Gasteiger partial charge in [0, 0.05) is 17.5 Å². The van der Waals surface area contributed by atoms with E-state index in [1.807, 2.05) is 0 Å². The van der Waals surface area contributed by atoms with E-state index in [1.54, 1.807) is 0 Å². The molecule has 0 aromatic heterocycles. The average Bonchev–Trinajstić information content (AvgIpc) is 2.18. The second kappa shape index (κ2) is 4.70. The Hall–Kier alpha value is -1.24. The summed E-state index contributed by atoms with van der Waals surface area (Å²) < 4.78 is 0. The molecule has 0 saturated heterocycles. The summed E-state index contributed by atoms with van der Waals surface area (Å²) in [4.78, 5) is 0. The van der Waals surface area contributed by atoms with Crippen molar-refractivity contribution in [3.63, 3.8) is 0 Å². The van der Waals surface area contributed by atoms with Crippen LogP contribution in [0.15, 0.2) is 18.2 Å². The molecule has 0 fully saturated rings. The quantitative estimate of drug-likeness (QED) is 0.721. The SMILES string of the molecule is C/C=c1/cccc(NCC)/c1=C/C. The fraction of sp³-hybridized carbons (Fsp3) is 0.333. The van der Waals surface area contributed by atoms with Crippen LogP contribution in [-0.4, -0.2) is 6.54 Å². The fourth-order valence-electron chi connectivity index (χ4n) is 1.50. The van der Waals surface area contributed by atoms with E-state index in [2.05, 4.69) is 56.4 Å². The van der Waals surface area contributed by atoms with Crippen LogP contribution < -0.4 is 15.8 Å². The lowest BCUT2D eigenvalue weighted by Gasteiger charge is -2.03. The molecule has 0 aliphatic carbocycles. The largest absolute Gasteiger partial charge is 0.385 e. The first-order valence-electron chi connectivity index (χ1n) is 4.79. The molecule has 0 aliphatic rings. The zero-order valence-corrected chi connectivity index (χ0v) is 8.59. The smallest absolute Gasteiger partial charge is 0.0416 e. The van der Waals surface area contributed by atoms with E-state index in [0.29, 0.717) is 0 Å². The maximum absolute atomic E-state index is 3.35. The first-order chi connectivity index (χ1) is 6.33. The summed E-state index contributed by atoms with van der Waals surface area (Å²) in [5, 5.41) is 5.94. The van der Waals surface area contributed by atoms with Crippen LogP contribution in [0.25, 0.3) is 12.2 Å². The van der Waals surface area contributed by atoms with E-state index in [0.717, 1.165) is 6.54 Å². The molecule has 1 aromatic rings. The Morgan fingerprint density at radius 1 is 1.23 bits per heavy atom. The first kappa shape index (κ1) is 9.85. The van der Waals surface area contributed by atoms with Crippen molar-refractivity contribution in [3.05, 3.63) is 28.6 Å². The van der Waals surface area contributed by atoms with Gasteiger partial charge in [0.05, 0.1) is 0 Å². The van der Waals surface area contributed by atoms with Gasteiger partial charge in [0.1, 0.15) is 0 Å². The topological polar surface area (TPSA) is 12.0 Å². The van der Waals surface area contributed by atoms with Crippen LogP contribution in [0, 0.1) is 0 Å². The maximum atomic E-state index is 3.35.